The van der Waals surface area contributed by atoms with Crippen LogP contribution in [0.4, 0.5) is 8.78 Å². The number of hydrogen-bond acceptors (Lipinski definition) is 2. The van der Waals surface area contributed by atoms with Crippen molar-refractivity contribution in [1.29, 1.82) is 0 Å². The summed E-state index contributed by atoms with van der Waals surface area (Å²) in [6, 6.07) is 4.61. The number of pyridine rings is 1. The lowest BCUT2D eigenvalue weighted by molar-refractivity contribution is 0.177. The molecule has 2 rings (SSSR count). The molecule has 0 spiro atoms. The summed E-state index contributed by atoms with van der Waals surface area (Å²) in [6.45, 7) is 0. The van der Waals surface area contributed by atoms with E-state index in [1.165, 1.54) is 6.20 Å². The van der Waals surface area contributed by atoms with Crippen LogP contribution in [0.3, 0.4) is 0 Å². The molecule has 1 unspecified atom stereocenters. The van der Waals surface area contributed by atoms with Gasteiger partial charge in [0, 0.05) is 24.9 Å². The number of hydrogen-bond donors (Lipinski definition) is 1. The summed E-state index contributed by atoms with van der Waals surface area (Å²) in [5.41, 5.74) is 0.851. The molecule has 18 heavy (non-hydrogen) atoms. The zero-order valence-electron chi connectivity index (χ0n) is 9.28. The molecule has 2 nitrogen and oxygen atoms in total. The predicted molar refractivity (Wildman–Crippen MR) is 64.3 cm³/mol. The summed E-state index contributed by atoms with van der Waals surface area (Å²) in [5, 5.41) is 10.3. The first-order chi connectivity index (χ1) is 8.56. The lowest BCUT2D eigenvalue weighted by atomic mass is 10.0. The molecule has 0 aliphatic rings. The van der Waals surface area contributed by atoms with Crippen LogP contribution >= 0.6 is 11.6 Å². The Bertz CT molecular complexity index is 542. The topological polar surface area (TPSA) is 33.1 Å². The second-order valence-electron chi connectivity index (χ2n) is 3.89. The molecule has 94 valence electrons. The van der Waals surface area contributed by atoms with Crippen LogP contribution in [0.2, 0.25) is 5.02 Å². The zero-order chi connectivity index (χ0) is 13.1. The van der Waals surface area contributed by atoms with E-state index in [4.69, 9.17) is 11.6 Å². The Kier molecular flexibility index (Phi) is 3.89. The molecule has 0 aliphatic carbocycles. The Labute approximate surface area is 108 Å². The highest BCUT2D eigenvalue weighted by atomic mass is 35.5. The molecule has 2 aromatic rings. The van der Waals surface area contributed by atoms with Crippen molar-refractivity contribution in [2.45, 2.75) is 12.5 Å². The largest absolute Gasteiger partial charge is 0.388 e. The second kappa shape index (κ2) is 5.42. The monoisotopic (exact) mass is 269 g/mol. The molecule has 0 saturated heterocycles. The summed E-state index contributed by atoms with van der Waals surface area (Å²) in [7, 11) is 0. The number of halogens is 3. The normalized spacial score (nSPS) is 12.4. The van der Waals surface area contributed by atoms with E-state index in [9.17, 15) is 13.9 Å². The van der Waals surface area contributed by atoms with Gasteiger partial charge in [-0.15, -0.1) is 0 Å². The lowest BCUT2D eigenvalue weighted by Crippen LogP contribution is -2.03. The minimum absolute atomic E-state index is 0.171. The van der Waals surface area contributed by atoms with E-state index in [1.54, 1.807) is 12.3 Å². The van der Waals surface area contributed by atoms with Crippen molar-refractivity contribution in [1.82, 2.24) is 4.98 Å². The summed E-state index contributed by atoms with van der Waals surface area (Å²) in [5.74, 6) is -1.44. The van der Waals surface area contributed by atoms with Crippen molar-refractivity contribution in [2.24, 2.45) is 0 Å². The van der Waals surface area contributed by atoms with Crippen molar-refractivity contribution >= 4 is 11.6 Å². The molecule has 0 fully saturated rings. The maximum atomic E-state index is 13.0. The quantitative estimate of drug-likeness (QED) is 0.927. The molecule has 1 heterocycles. The first-order valence-corrected chi connectivity index (χ1v) is 5.66. The molecule has 0 radical (unpaired) electrons. The van der Waals surface area contributed by atoms with Gasteiger partial charge in [-0.25, -0.2) is 8.78 Å². The van der Waals surface area contributed by atoms with Gasteiger partial charge in [-0.1, -0.05) is 11.6 Å². The third-order valence-electron chi connectivity index (χ3n) is 2.54. The van der Waals surface area contributed by atoms with Gasteiger partial charge in [0.1, 0.15) is 11.6 Å². The van der Waals surface area contributed by atoms with Crippen LogP contribution in [0, 0.1) is 11.6 Å². The van der Waals surface area contributed by atoms with Gasteiger partial charge in [0.25, 0.3) is 0 Å². The Balaban J connectivity index is 2.22. The summed E-state index contributed by atoms with van der Waals surface area (Å²) < 4.78 is 26.0. The minimum atomic E-state index is -1.02. The SMILES string of the molecule is OC(Cc1ccncc1Cl)c1cc(F)cc(F)c1. The van der Waals surface area contributed by atoms with Gasteiger partial charge in [-0.3, -0.25) is 4.98 Å². The van der Waals surface area contributed by atoms with Gasteiger partial charge < -0.3 is 5.11 Å². The molecular weight excluding hydrogens is 260 g/mol. The molecule has 5 heteroatoms. The number of rotatable bonds is 3. The van der Waals surface area contributed by atoms with Crippen molar-refractivity contribution in [3.05, 3.63) is 64.4 Å². The molecule has 1 aromatic carbocycles. The van der Waals surface area contributed by atoms with Gasteiger partial charge in [0.05, 0.1) is 11.1 Å². The highest BCUT2D eigenvalue weighted by Crippen LogP contribution is 2.23. The number of aromatic nitrogens is 1. The fourth-order valence-electron chi connectivity index (χ4n) is 1.66. The maximum absolute atomic E-state index is 13.0. The van der Waals surface area contributed by atoms with Gasteiger partial charge in [-0.2, -0.15) is 0 Å². The second-order valence-corrected chi connectivity index (χ2v) is 4.30. The summed E-state index contributed by atoms with van der Waals surface area (Å²) in [4.78, 5) is 3.82. The average molecular weight is 270 g/mol. The van der Waals surface area contributed by atoms with Crippen molar-refractivity contribution in [3.8, 4) is 0 Å². The Morgan fingerprint density at radius 1 is 1.22 bits per heavy atom. The predicted octanol–water partition coefficient (Wildman–Crippen LogP) is 3.29. The maximum Gasteiger partial charge on any atom is 0.126 e. The summed E-state index contributed by atoms with van der Waals surface area (Å²) in [6.07, 6.45) is 2.15. The number of aliphatic hydroxyl groups excluding tert-OH is 1. The average Bonchev–Trinajstić information content (AvgIpc) is 2.31. The van der Waals surface area contributed by atoms with E-state index < -0.39 is 17.7 Å². The summed E-state index contributed by atoms with van der Waals surface area (Å²) >= 11 is 5.90. The van der Waals surface area contributed by atoms with Gasteiger partial charge in [0.2, 0.25) is 0 Å². The van der Waals surface area contributed by atoms with Crippen LogP contribution in [0.1, 0.15) is 17.2 Å². The highest BCUT2D eigenvalue weighted by Gasteiger charge is 2.13. The molecule has 0 saturated carbocycles. The standard InChI is InChI=1S/C13H10ClF2NO/c14-12-7-17-2-1-8(12)5-13(18)9-3-10(15)6-11(16)4-9/h1-4,6-7,13,18H,5H2. The van der Waals surface area contributed by atoms with Crippen LogP contribution < -0.4 is 0 Å². The minimum Gasteiger partial charge on any atom is -0.388 e. The van der Waals surface area contributed by atoms with E-state index in [-0.39, 0.29) is 12.0 Å². The number of nitrogens with zero attached hydrogens (tertiary/aromatic N) is 1. The van der Waals surface area contributed by atoms with E-state index in [1.807, 2.05) is 0 Å². The number of benzene rings is 1. The van der Waals surface area contributed by atoms with Crippen LogP contribution in [0.15, 0.2) is 36.7 Å². The first-order valence-electron chi connectivity index (χ1n) is 5.28. The third-order valence-corrected chi connectivity index (χ3v) is 2.88. The van der Waals surface area contributed by atoms with E-state index in [2.05, 4.69) is 4.98 Å². The van der Waals surface area contributed by atoms with Gasteiger partial charge >= 0.3 is 0 Å². The Morgan fingerprint density at radius 3 is 2.50 bits per heavy atom. The fourth-order valence-corrected chi connectivity index (χ4v) is 1.86. The van der Waals surface area contributed by atoms with E-state index in [0.29, 0.717) is 10.6 Å². The van der Waals surface area contributed by atoms with Crippen molar-refractivity contribution < 1.29 is 13.9 Å². The number of aliphatic hydroxyl groups is 1. The molecular formula is C13H10ClF2NO. The highest BCUT2D eigenvalue weighted by molar-refractivity contribution is 6.31. The van der Waals surface area contributed by atoms with Crippen LogP contribution in [-0.2, 0) is 6.42 Å². The van der Waals surface area contributed by atoms with Crippen LogP contribution in [-0.4, -0.2) is 10.1 Å². The smallest absolute Gasteiger partial charge is 0.126 e. The molecule has 1 atom stereocenters. The van der Waals surface area contributed by atoms with Gasteiger partial charge in [0.15, 0.2) is 0 Å². The van der Waals surface area contributed by atoms with E-state index >= 15 is 0 Å². The molecule has 0 bridgehead atoms. The lowest BCUT2D eigenvalue weighted by Gasteiger charge is -2.12. The third kappa shape index (κ3) is 3.03. The van der Waals surface area contributed by atoms with Crippen LogP contribution in [0.25, 0.3) is 0 Å². The molecule has 1 aromatic heterocycles. The van der Waals surface area contributed by atoms with Crippen LogP contribution in [0.5, 0.6) is 0 Å². The van der Waals surface area contributed by atoms with Gasteiger partial charge in [-0.05, 0) is 29.3 Å². The Morgan fingerprint density at radius 2 is 1.89 bits per heavy atom. The Hall–Kier alpha value is -1.52. The zero-order valence-corrected chi connectivity index (χ0v) is 10.0. The fraction of sp³-hybridized carbons (Fsp3) is 0.154. The van der Waals surface area contributed by atoms with Crippen molar-refractivity contribution in [3.63, 3.8) is 0 Å². The molecule has 0 aliphatic heterocycles. The molecule has 0 amide bonds. The molecule has 1 N–H and O–H groups in total. The first kappa shape index (κ1) is 12.9. The van der Waals surface area contributed by atoms with E-state index in [0.717, 1.165) is 18.2 Å². The van der Waals surface area contributed by atoms with Crippen molar-refractivity contribution in [2.75, 3.05) is 0 Å².